The Balaban J connectivity index is 2.33. The van der Waals surface area contributed by atoms with Crippen molar-refractivity contribution in [3.63, 3.8) is 0 Å². The van der Waals surface area contributed by atoms with Crippen molar-refractivity contribution in [1.29, 1.82) is 0 Å². The number of fused-ring (bicyclic) bond motifs is 2. The lowest BCUT2D eigenvalue weighted by Crippen LogP contribution is -2.32. The lowest BCUT2D eigenvalue weighted by atomic mass is 9.70. The predicted molar refractivity (Wildman–Crippen MR) is 90.2 cm³/mol. The molecule has 0 heterocycles. The van der Waals surface area contributed by atoms with Crippen molar-refractivity contribution < 1.29 is 4.79 Å². The van der Waals surface area contributed by atoms with Crippen molar-refractivity contribution in [1.82, 2.24) is 0 Å². The van der Waals surface area contributed by atoms with Gasteiger partial charge in [-0.25, -0.2) is 0 Å². The van der Waals surface area contributed by atoms with Crippen LogP contribution in [0.2, 0.25) is 0 Å². The van der Waals surface area contributed by atoms with Crippen molar-refractivity contribution in [2.45, 2.75) is 36.9 Å². The van der Waals surface area contributed by atoms with Gasteiger partial charge in [-0.15, -0.1) is 0 Å². The number of hydrogen-bond donors (Lipinski definition) is 0. The van der Waals surface area contributed by atoms with E-state index in [1.807, 2.05) is 6.08 Å². The van der Waals surface area contributed by atoms with Crippen LogP contribution in [0.25, 0.3) is 5.57 Å². The van der Waals surface area contributed by atoms with E-state index in [2.05, 4.69) is 70.0 Å². The Hall–Kier alpha value is -0.670. The van der Waals surface area contributed by atoms with Crippen LogP contribution >= 0.6 is 31.9 Å². The molecule has 3 heteroatoms. The Morgan fingerprint density at radius 3 is 2.60 bits per heavy atom. The van der Waals surface area contributed by atoms with Crippen molar-refractivity contribution >= 4 is 43.2 Å². The minimum absolute atomic E-state index is 0.137. The van der Waals surface area contributed by atoms with Gasteiger partial charge in [0.15, 0.2) is 5.78 Å². The molecule has 0 radical (unpaired) electrons. The summed E-state index contributed by atoms with van der Waals surface area (Å²) >= 11 is 7.05. The Labute approximate surface area is 136 Å². The van der Waals surface area contributed by atoms with Gasteiger partial charge in [0.2, 0.25) is 0 Å². The van der Waals surface area contributed by atoms with Gasteiger partial charge in [-0.1, -0.05) is 63.9 Å². The molecule has 2 aliphatic rings. The first kappa shape index (κ1) is 14.3. The molecule has 1 unspecified atom stereocenters. The second-order valence-electron chi connectivity index (χ2n) is 5.39. The van der Waals surface area contributed by atoms with Crippen molar-refractivity contribution in [3.8, 4) is 0 Å². The average molecular weight is 396 g/mol. The topological polar surface area (TPSA) is 17.1 Å². The number of halogens is 2. The molecule has 1 atom stereocenters. The van der Waals surface area contributed by atoms with E-state index in [1.165, 1.54) is 11.1 Å². The summed E-state index contributed by atoms with van der Waals surface area (Å²) in [5, 5.41) is 0. The predicted octanol–water partition coefficient (Wildman–Crippen LogP) is 5.18. The fourth-order valence-corrected chi connectivity index (χ4v) is 4.35. The molecule has 1 aromatic rings. The number of hydrogen-bond acceptors (Lipinski definition) is 1. The highest BCUT2D eigenvalue weighted by Crippen LogP contribution is 2.53. The van der Waals surface area contributed by atoms with Gasteiger partial charge in [-0.2, -0.15) is 0 Å². The minimum atomic E-state index is -0.184. The summed E-state index contributed by atoms with van der Waals surface area (Å²) in [7, 11) is 0. The molecule has 1 aromatic carbocycles. The summed E-state index contributed by atoms with van der Waals surface area (Å²) in [4.78, 5) is 12.5. The van der Waals surface area contributed by atoms with Gasteiger partial charge in [-0.05, 0) is 41.7 Å². The standard InChI is InChI=1S/C17H16Br2O/c1-3-17(4-2)13-9-10(18)5-6-11(13)12-7-8-14(19)16(20)15(12)17/h5-9,14H,3-4H2,1-2H3. The van der Waals surface area contributed by atoms with Gasteiger partial charge in [-0.3, -0.25) is 4.79 Å². The zero-order valence-electron chi connectivity index (χ0n) is 11.5. The van der Waals surface area contributed by atoms with E-state index in [0.29, 0.717) is 0 Å². The van der Waals surface area contributed by atoms with Crippen LogP contribution in [0.1, 0.15) is 37.8 Å². The van der Waals surface area contributed by atoms with Gasteiger partial charge in [0.25, 0.3) is 0 Å². The SMILES string of the molecule is CCC1(CC)C2=C(C=CC(Br)C2=O)c2ccc(Br)cc21. The highest BCUT2D eigenvalue weighted by molar-refractivity contribution is 9.10. The number of allylic oxidation sites excluding steroid dienone is 4. The van der Waals surface area contributed by atoms with Crippen molar-refractivity contribution in [3.05, 3.63) is 51.5 Å². The maximum Gasteiger partial charge on any atom is 0.177 e. The largest absolute Gasteiger partial charge is 0.293 e. The Morgan fingerprint density at radius 1 is 1.25 bits per heavy atom. The Morgan fingerprint density at radius 2 is 1.95 bits per heavy atom. The fraction of sp³-hybridized carbons (Fsp3) is 0.353. The van der Waals surface area contributed by atoms with E-state index in [-0.39, 0.29) is 16.0 Å². The maximum atomic E-state index is 12.7. The molecule has 104 valence electrons. The zero-order valence-corrected chi connectivity index (χ0v) is 14.7. The summed E-state index contributed by atoms with van der Waals surface area (Å²) in [6.45, 7) is 4.36. The molecule has 20 heavy (non-hydrogen) atoms. The number of Topliss-reactive ketones (excluding diaryl/α,β-unsaturated/α-hetero) is 1. The van der Waals surface area contributed by atoms with Crippen LogP contribution in [0.4, 0.5) is 0 Å². The number of ketones is 1. The first-order valence-corrected chi connectivity index (χ1v) is 8.67. The first-order chi connectivity index (χ1) is 9.55. The minimum Gasteiger partial charge on any atom is -0.293 e. The smallest absolute Gasteiger partial charge is 0.177 e. The van der Waals surface area contributed by atoms with E-state index in [4.69, 9.17) is 0 Å². The van der Waals surface area contributed by atoms with Crippen molar-refractivity contribution in [2.24, 2.45) is 0 Å². The second kappa shape index (κ2) is 4.96. The molecule has 2 aliphatic carbocycles. The van der Waals surface area contributed by atoms with E-state index in [9.17, 15) is 4.79 Å². The molecule has 0 spiro atoms. The van der Waals surface area contributed by atoms with Crippen LogP contribution in [-0.2, 0) is 10.2 Å². The van der Waals surface area contributed by atoms with Crippen LogP contribution in [0, 0.1) is 0 Å². The zero-order chi connectivity index (χ0) is 14.5. The molecular weight excluding hydrogens is 380 g/mol. The fourth-order valence-electron chi connectivity index (χ4n) is 3.61. The van der Waals surface area contributed by atoms with Gasteiger partial charge in [0.1, 0.15) is 0 Å². The lowest BCUT2D eigenvalue weighted by Gasteiger charge is -2.32. The number of alkyl halides is 1. The number of carbonyl (C=O) groups is 1. The lowest BCUT2D eigenvalue weighted by molar-refractivity contribution is -0.115. The van der Waals surface area contributed by atoms with Crippen LogP contribution in [0.5, 0.6) is 0 Å². The molecule has 1 nitrogen and oxygen atoms in total. The molecular formula is C17H16Br2O. The third-order valence-corrected chi connectivity index (χ3v) is 5.89. The molecule has 0 N–H and O–H groups in total. The van der Waals surface area contributed by atoms with E-state index in [1.54, 1.807) is 0 Å². The second-order valence-corrected chi connectivity index (χ2v) is 7.30. The van der Waals surface area contributed by atoms with Crippen molar-refractivity contribution in [2.75, 3.05) is 0 Å². The van der Waals surface area contributed by atoms with Crippen LogP contribution < -0.4 is 0 Å². The summed E-state index contributed by atoms with van der Waals surface area (Å²) in [5.41, 5.74) is 4.50. The molecule has 0 saturated heterocycles. The van der Waals surface area contributed by atoms with Gasteiger partial charge < -0.3 is 0 Å². The maximum absolute atomic E-state index is 12.7. The first-order valence-electron chi connectivity index (χ1n) is 6.96. The molecule has 3 rings (SSSR count). The third-order valence-electron chi connectivity index (χ3n) is 4.67. The molecule has 0 aliphatic heterocycles. The summed E-state index contributed by atoms with van der Waals surface area (Å²) in [6.07, 6.45) is 5.96. The third kappa shape index (κ3) is 1.75. The van der Waals surface area contributed by atoms with Gasteiger partial charge >= 0.3 is 0 Å². The summed E-state index contributed by atoms with van der Waals surface area (Å²) in [5.74, 6) is 0.221. The number of rotatable bonds is 2. The highest BCUT2D eigenvalue weighted by atomic mass is 79.9. The van der Waals surface area contributed by atoms with Gasteiger partial charge in [0, 0.05) is 15.5 Å². The normalized spacial score (nSPS) is 23.0. The van der Waals surface area contributed by atoms with E-state index in [0.717, 1.165) is 28.5 Å². The number of carbonyl (C=O) groups excluding carboxylic acids is 1. The van der Waals surface area contributed by atoms with Gasteiger partial charge in [0.05, 0.1) is 4.83 Å². The monoisotopic (exact) mass is 394 g/mol. The van der Waals surface area contributed by atoms with Crippen LogP contribution in [-0.4, -0.2) is 10.6 Å². The summed E-state index contributed by atoms with van der Waals surface area (Å²) in [6, 6.07) is 6.38. The molecule has 0 fully saturated rings. The van der Waals surface area contributed by atoms with Crippen LogP contribution in [0.15, 0.2) is 40.4 Å². The Kier molecular flexibility index (Phi) is 3.54. The number of benzene rings is 1. The quantitative estimate of drug-likeness (QED) is 0.630. The van der Waals surface area contributed by atoms with Crippen LogP contribution in [0.3, 0.4) is 0 Å². The molecule has 0 aromatic heterocycles. The molecule has 0 amide bonds. The van der Waals surface area contributed by atoms with E-state index >= 15 is 0 Å². The molecule has 0 saturated carbocycles. The average Bonchev–Trinajstić information content (AvgIpc) is 2.73. The van der Waals surface area contributed by atoms with E-state index < -0.39 is 0 Å². The highest BCUT2D eigenvalue weighted by Gasteiger charge is 2.47. The summed E-state index contributed by atoms with van der Waals surface area (Å²) < 4.78 is 1.08. The molecule has 0 bridgehead atoms. The Bertz CT molecular complexity index is 651.